The van der Waals surface area contributed by atoms with E-state index >= 15 is 0 Å². The van der Waals surface area contributed by atoms with Gasteiger partial charge in [-0.25, -0.2) is 10.2 Å². The zero-order valence-electron chi connectivity index (χ0n) is 20.0. The van der Waals surface area contributed by atoms with Gasteiger partial charge in [-0.1, -0.05) is 30.3 Å². The van der Waals surface area contributed by atoms with Gasteiger partial charge in [-0.2, -0.15) is 18.3 Å². The first-order chi connectivity index (χ1) is 18.2. The number of nitrogens with zero attached hydrogens (tertiary/aromatic N) is 1. The van der Waals surface area contributed by atoms with E-state index in [1.807, 2.05) is 30.3 Å². The molecule has 2 unspecified atom stereocenters. The van der Waals surface area contributed by atoms with E-state index in [0.29, 0.717) is 35.1 Å². The number of rotatable bonds is 6. The summed E-state index contributed by atoms with van der Waals surface area (Å²) in [5.41, 5.74) is 6.23. The number of esters is 1. The number of hydrazone groups is 1. The summed E-state index contributed by atoms with van der Waals surface area (Å²) in [6.45, 7) is 0.632. The number of hydrogen-bond donors (Lipinski definition) is 4. The van der Waals surface area contributed by atoms with Crippen LogP contribution in [0.3, 0.4) is 0 Å². The summed E-state index contributed by atoms with van der Waals surface area (Å²) in [6, 6.07) is 12.8. The average molecular weight is 528 g/mol. The van der Waals surface area contributed by atoms with Crippen LogP contribution in [-0.2, 0) is 14.3 Å². The molecule has 4 N–H and O–H groups in total. The largest absolute Gasteiger partial charge is 0.490 e. The Kier molecular flexibility index (Phi) is 6.89. The molecule has 198 valence electrons. The van der Waals surface area contributed by atoms with Crippen molar-refractivity contribution < 1.29 is 32.3 Å². The number of halogens is 3. The van der Waals surface area contributed by atoms with Crippen molar-refractivity contribution in [1.82, 2.24) is 15.7 Å². The number of carbonyl (C=O) groups is 3. The minimum absolute atomic E-state index is 0.00133. The number of anilines is 1. The van der Waals surface area contributed by atoms with Crippen LogP contribution in [0.1, 0.15) is 35.2 Å². The molecular weight excluding hydrogens is 503 g/mol. The van der Waals surface area contributed by atoms with Crippen LogP contribution in [0.25, 0.3) is 22.2 Å². The Morgan fingerprint density at radius 1 is 1.16 bits per heavy atom. The van der Waals surface area contributed by atoms with Crippen molar-refractivity contribution in [3.8, 4) is 11.3 Å². The lowest BCUT2D eigenvalue weighted by molar-refractivity contribution is -0.207. The van der Waals surface area contributed by atoms with Crippen LogP contribution in [0.5, 0.6) is 0 Å². The number of alkyl halides is 3. The van der Waals surface area contributed by atoms with E-state index in [1.54, 1.807) is 18.3 Å². The van der Waals surface area contributed by atoms with Gasteiger partial charge in [-0.3, -0.25) is 9.59 Å². The van der Waals surface area contributed by atoms with Gasteiger partial charge in [0.25, 0.3) is 5.91 Å². The molecule has 2 amide bonds. The molecule has 0 saturated carbocycles. The zero-order chi connectivity index (χ0) is 26.9. The third-order valence-electron chi connectivity index (χ3n) is 6.68. The number of aromatic amines is 1. The Hall–Kier alpha value is -4.19. The topological polar surface area (TPSA) is 125 Å². The summed E-state index contributed by atoms with van der Waals surface area (Å²) >= 11 is 0. The highest BCUT2D eigenvalue weighted by Crippen LogP contribution is 2.34. The molecule has 1 aromatic heterocycles. The van der Waals surface area contributed by atoms with Crippen molar-refractivity contribution in [1.29, 1.82) is 0 Å². The number of H-pyrrole nitrogens is 1. The van der Waals surface area contributed by atoms with Crippen molar-refractivity contribution in [2.45, 2.75) is 31.5 Å². The fourth-order valence-corrected chi connectivity index (χ4v) is 4.88. The molecule has 9 nitrogen and oxygen atoms in total. The van der Waals surface area contributed by atoms with Gasteiger partial charge in [-0.05, 0) is 43.0 Å². The van der Waals surface area contributed by atoms with E-state index in [2.05, 4.69) is 30.9 Å². The van der Waals surface area contributed by atoms with E-state index in [1.165, 1.54) is 0 Å². The standard InChI is InChI=1S/C26H24F3N5O4/c27-26(28,29)25(37)38-20-13-30-9-8-14(20)6-7-21(35)32-16-10-17-22-18(12-31-34-24(17)36)23(33-19(22)11-16)15-4-2-1-3-5-15/h1-5,10-12,14,20,30,33H,6-9,13H2,(H,32,35)(H,34,36). The summed E-state index contributed by atoms with van der Waals surface area (Å²) in [6.07, 6.45) is -3.78. The van der Waals surface area contributed by atoms with Gasteiger partial charge in [0.15, 0.2) is 0 Å². The Morgan fingerprint density at radius 3 is 2.71 bits per heavy atom. The first-order valence-electron chi connectivity index (χ1n) is 12.1. The predicted octanol–water partition coefficient (Wildman–Crippen LogP) is 3.71. The summed E-state index contributed by atoms with van der Waals surface area (Å²) in [7, 11) is 0. The SMILES string of the molecule is O=C(CCC1CCNCC1OC(=O)C(F)(F)F)Nc1cc2c3c(c(-c4ccccc4)[nH]c3c1)C=NNC2=O. The lowest BCUT2D eigenvalue weighted by Gasteiger charge is -2.31. The van der Waals surface area contributed by atoms with Crippen molar-refractivity contribution in [2.24, 2.45) is 11.0 Å². The minimum Gasteiger partial charge on any atom is -0.454 e. The first kappa shape index (κ1) is 25.5. The van der Waals surface area contributed by atoms with Gasteiger partial charge < -0.3 is 20.4 Å². The molecule has 0 aliphatic carbocycles. The molecule has 2 aliphatic rings. The second kappa shape index (κ2) is 10.3. The molecule has 12 heteroatoms. The quantitative estimate of drug-likeness (QED) is 0.364. The van der Waals surface area contributed by atoms with Crippen molar-refractivity contribution in [3.05, 3.63) is 53.6 Å². The Labute approximate surface area is 214 Å². The molecule has 2 aromatic carbocycles. The molecule has 3 aromatic rings. The molecule has 3 heterocycles. The zero-order valence-corrected chi connectivity index (χ0v) is 20.0. The molecular formula is C26H24F3N5O4. The smallest absolute Gasteiger partial charge is 0.454 e. The van der Waals surface area contributed by atoms with Gasteiger partial charge in [0.2, 0.25) is 5.91 Å². The number of piperidine rings is 1. The van der Waals surface area contributed by atoms with Gasteiger partial charge in [-0.15, -0.1) is 0 Å². The summed E-state index contributed by atoms with van der Waals surface area (Å²) in [5.74, 6) is -3.44. The Bertz CT molecular complexity index is 1420. The van der Waals surface area contributed by atoms with E-state index in [9.17, 15) is 27.6 Å². The van der Waals surface area contributed by atoms with Gasteiger partial charge in [0.1, 0.15) is 6.10 Å². The molecule has 1 saturated heterocycles. The number of carbonyl (C=O) groups excluding carboxylic acids is 3. The van der Waals surface area contributed by atoms with Crippen LogP contribution in [0, 0.1) is 5.92 Å². The van der Waals surface area contributed by atoms with Crippen LogP contribution < -0.4 is 16.1 Å². The molecule has 2 aliphatic heterocycles. The van der Waals surface area contributed by atoms with Crippen molar-refractivity contribution >= 4 is 40.6 Å². The van der Waals surface area contributed by atoms with Crippen LogP contribution in [0.4, 0.5) is 18.9 Å². The van der Waals surface area contributed by atoms with Crippen LogP contribution in [0.2, 0.25) is 0 Å². The van der Waals surface area contributed by atoms with Gasteiger partial charge in [0, 0.05) is 35.1 Å². The highest BCUT2D eigenvalue weighted by molar-refractivity contribution is 6.18. The molecule has 38 heavy (non-hydrogen) atoms. The molecule has 0 spiro atoms. The average Bonchev–Trinajstić information content (AvgIpc) is 3.17. The van der Waals surface area contributed by atoms with E-state index in [0.717, 1.165) is 16.8 Å². The maximum atomic E-state index is 12.8. The second-order valence-corrected chi connectivity index (χ2v) is 9.21. The lowest BCUT2D eigenvalue weighted by atomic mass is 9.90. The number of hydrogen-bond acceptors (Lipinski definition) is 6. The molecule has 0 radical (unpaired) electrons. The number of nitrogens with one attached hydrogen (secondary N) is 4. The summed E-state index contributed by atoms with van der Waals surface area (Å²) < 4.78 is 42.6. The molecule has 2 atom stereocenters. The van der Waals surface area contributed by atoms with Crippen LogP contribution >= 0.6 is 0 Å². The molecule has 1 fully saturated rings. The van der Waals surface area contributed by atoms with E-state index < -0.39 is 30.1 Å². The molecule has 5 rings (SSSR count). The maximum Gasteiger partial charge on any atom is 0.490 e. The second-order valence-electron chi connectivity index (χ2n) is 9.21. The van der Waals surface area contributed by atoms with Gasteiger partial charge in [0.05, 0.1) is 17.5 Å². The highest BCUT2D eigenvalue weighted by Gasteiger charge is 2.43. The number of amides is 2. The Balaban J connectivity index is 1.33. The predicted molar refractivity (Wildman–Crippen MR) is 134 cm³/mol. The van der Waals surface area contributed by atoms with Crippen molar-refractivity contribution in [2.75, 3.05) is 18.4 Å². The van der Waals surface area contributed by atoms with E-state index in [-0.39, 0.29) is 25.3 Å². The first-order valence-corrected chi connectivity index (χ1v) is 12.1. The fraction of sp³-hybridized carbons (Fsp3) is 0.308. The van der Waals surface area contributed by atoms with Crippen LogP contribution in [-0.4, -0.2) is 54.4 Å². The number of aromatic nitrogens is 1. The maximum absolute atomic E-state index is 12.8. The lowest BCUT2D eigenvalue weighted by Crippen LogP contribution is -2.45. The number of ether oxygens (including phenoxy) is 1. The van der Waals surface area contributed by atoms with E-state index in [4.69, 9.17) is 0 Å². The third kappa shape index (κ3) is 5.25. The van der Waals surface area contributed by atoms with Crippen LogP contribution in [0.15, 0.2) is 47.6 Å². The normalized spacial score (nSPS) is 19.1. The Morgan fingerprint density at radius 2 is 1.95 bits per heavy atom. The summed E-state index contributed by atoms with van der Waals surface area (Å²) in [5, 5.41) is 10.4. The molecule has 0 bridgehead atoms. The van der Waals surface area contributed by atoms with Gasteiger partial charge >= 0.3 is 12.1 Å². The summed E-state index contributed by atoms with van der Waals surface area (Å²) in [4.78, 5) is 40.1. The minimum atomic E-state index is -5.08. The highest BCUT2D eigenvalue weighted by atomic mass is 19.4. The number of benzene rings is 2. The monoisotopic (exact) mass is 527 g/mol. The third-order valence-corrected chi connectivity index (χ3v) is 6.68. The fourth-order valence-electron chi connectivity index (χ4n) is 4.88. The van der Waals surface area contributed by atoms with Crippen molar-refractivity contribution in [3.63, 3.8) is 0 Å².